The van der Waals surface area contributed by atoms with Crippen molar-refractivity contribution in [1.29, 1.82) is 0 Å². The van der Waals surface area contributed by atoms with Gasteiger partial charge in [-0.3, -0.25) is 14.9 Å². The number of carbonyl (C=O) groups excluding carboxylic acids is 2. The van der Waals surface area contributed by atoms with Crippen molar-refractivity contribution in [3.8, 4) is 0 Å². The molecule has 0 unspecified atom stereocenters. The van der Waals surface area contributed by atoms with Crippen LogP contribution in [0.3, 0.4) is 0 Å². The van der Waals surface area contributed by atoms with E-state index in [1.165, 1.54) is 71.1 Å². The Labute approximate surface area is 124 Å². The summed E-state index contributed by atoms with van der Waals surface area (Å²) in [4.78, 5) is 21.8. The average Bonchev–Trinajstić information content (AvgIpc) is 2.39. The SMILES string of the molecule is CCCCCCCCCCCCCCC(=O)NC(C)=O. The van der Waals surface area contributed by atoms with Gasteiger partial charge in [0.15, 0.2) is 0 Å². The number of amides is 2. The van der Waals surface area contributed by atoms with Crippen molar-refractivity contribution in [1.82, 2.24) is 5.32 Å². The Morgan fingerprint density at radius 3 is 1.50 bits per heavy atom. The van der Waals surface area contributed by atoms with E-state index in [1.54, 1.807) is 0 Å². The summed E-state index contributed by atoms with van der Waals surface area (Å²) in [5, 5.41) is 2.30. The molecule has 118 valence electrons. The standard InChI is InChI=1S/C17H33NO2/c1-3-4-5-6-7-8-9-10-11-12-13-14-15-17(20)18-16(2)19/h3-15H2,1-2H3,(H,18,19,20). The molecule has 0 heterocycles. The number of imide groups is 1. The number of rotatable bonds is 13. The summed E-state index contributed by atoms with van der Waals surface area (Å²) in [6.45, 7) is 3.63. The first-order chi connectivity index (χ1) is 9.66. The molecule has 0 fully saturated rings. The van der Waals surface area contributed by atoms with Gasteiger partial charge in [-0.05, 0) is 6.42 Å². The maximum atomic E-state index is 11.2. The number of hydrogen-bond donors (Lipinski definition) is 1. The van der Waals surface area contributed by atoms with Gasteiger partial charge in [-0.25, -0.2) is 0 Å². The van der Waals surface area contributed by atoms with Crippen LogP contribution in [-0.4, -0.2) is 11.8 Å². The predicted octanol–water partition coefficient (Wildman–Crippen LogP) is 4.74. The quantitative estimate of drug-likeness (QED) is 0.496. The van der Waals surface area contributed by atoms with E-state index in [-0.39, 0.29) is 11.8 Å². The molecule has 20 heavy (non-hydrogen) atoms. The monoisotopic (exact) mass is 283 g/mol. The molecule has 0 bridgehead atoms. The smallest absolute Gasteiger partial charge is 0.226 e. The van der Waals surface area contributed by atoms with E-state index in [2.05, 4.69) is 12.2 Å². The van der Waals surface area contributed by atoms with Crippen LogP contribution in [0.25, 0.3) is 0 Å². The van der Waals surface area contributed by atoms with Gasteiger partial charge in [0.05, 0.1) is 0 Å². The zero-order chi connectivity index (χ0) is 15.1. The van der Waals surface area contributed by atoms with Crippen LogP contribution in [0.2, 0.25) is 0 Å². The summed E-state index contributed by atoms with van der Waals surface area (Å²) >= 11 is 0. The third-order valence-electron chi connectivity index (χ3n) is 3.57. The molecular weight excluding hydrogens is 250 g/mol. The Kier molecular flexibility index (Phi) is 13.9. The molecule has 0 aliphatic rings. The molecule has 0 atom stereocenters. The molecule has 0 aliphatic carbocycles. The Bertz CT molecular complexity index is 251. The Morgan fingerprint density at radius 1 is 0.700 bits per heavy atom. The molecule has 0 aromatic rings. The van der Waals surface area contributed by atoms with Gasteiger partial charge in [0.25, 0.3) is 0 Å². The van der Waals surface area contributed by atoms with Crippen molar-refractivity contribution in [3.63, 3.8) is 0 Å². The minimum absolute atomic E-state index is 0.135. The molecule has 0 saturated heterocycles. The highest BCUT2D eigenvalue weighted by Gasteiger charge is 2.02. The van der Waals surface area contributed by atoms with Crippen molar-refractivity contribution >= 4 is 11.8 Å². The molecule has 2 amide bonds. The van der Waals surface area contributed by atoms with E-state index in [9.17, 15) is 9.59 Å². The van der Waals surface area contributed by atoms with Crippen LogP contribution in [-0.2, 0) is 9.59 Å². The van der Waals surface area contributed by atoms with Crippen molar-refractivity contribution in [3.05, 3.63) is 0 Å². The van der Waals surface area contributed by atoms with Crippen LogP contribution in [0.4, 0.5) is 0 Å². The Morgan fingerprint density at radius 2 is 1.10 bits per heavy atom. The lowest BCUT2D eigenvalue weighted by Crippen LogP contribution is -2.27. The van der Waals surface area contributed by atoms with Gasteiger partial charge in [0.2, 0.25) is 11.8 Å². The molecule has 0 aliphatic heterocycles. The van der Waals surface area contributed by atoms with E-state index in [0.29, 0.717) is 6.42 Å². The zero-order valence-electron chi connectivity index (χ0n) is 13.5. The number of unbranched alkanes of at least 4 members (excludes halogenated alkanes) is 11. The molecule has 1 N–H and O–H groups in total. The fraction of sp³-hybridized carbons (Fsp3) is 0.882. The van der Waals surface area contributed by atoms with E-state index >= 15 is 0 Å². The molecule has 0 radical (unpaired) electrons. The maximum Gasteiger partial charge on any atom is 0.226 e. The second-order valence-electron chi connectivity index (χ2n) is 5.74. The Balaban J connectivity index is 3.09. The van der Waals surface area contributed by atoms with E-state index in [4.69, 9.17) is 0 Å². The summed E-state index contributed by atoms with van der Waals surface area (Å²) < 4.78 is 0. The molecule has 0 rings (SSSR count). The van der Waals surface area contributed by atoms with Crippen LogP contribution in [0.15, 0.2) is 0 Å². The third-order valence-corrected chi connectivity index (χ3v) is 3.57. The summed E-state index contributed by atoms with van der Waals surface area (Å²) in [7, 11) is 0. The fourth-order valence-corrected chi connectivity index (χ4v) is 2.39. The van der Waals surface area contributed by atoms with Crippen molar-refractivity contribution in [2.24, 2.45) is 0 Å². The second kappa shape index (κ2) is 14.5. The third kappa shape index (κ3) is 15.2. The lowest BCUT2D eigenvalue weighted by molar-refractivity contribution is -0.129. The summed E-state index contributed by atoms with van der Waals surface area (Å²) in [5.74, 6) is -0.390. The van der Waals surface area contributed by atoms with Crippen LogP contribution in [0.5, 0.6) is 0 Å². The zero-order valence-corrected chi connectivity index (χ0v) is 13.5. The number of hydrogen-bond acceptors (Lipinski definition) is 2. The minimum atomic E-state index is -0.256. The molecule has 0 aromatic carbocycles. The highest BCUT2D eigenvalue weighted by Crippen LogP contribution is 2.12. The normalized spacial score (nSPS) is 10.5. The largest absolute Gasteiger partial charge is 0.297 e. The van der Waals surface area contributed by atoms with Gasteiger partial charge in [-0.1, -0.05) is 77.6 Å². The molecule has 3 nitrogen and oxygen atoms in total. The second-order valence-corrected chi connectivity index (χ2v) is 5.74. The lowest BCUT2D eigenvalue weighted by Gasteiger charge is -2.03. The summed E-state index contributed by atoms with van der Waals surface area (Å²) in [6, 6.07) is 0. The van der Waals surface area contributed by atoms with E-state index in [0.717, 1.165) is 12.8 Å². The first-order valence-electron chi connectivity index (χ1n) is 8.47. The molecular formula is C17H33NO2. The minimum Gasteiger partial charge on any atom is -0.297 e. The van der Waals surface area contributed by atoms with Gasteiger partial charge < -0.3 is 0 Å². The highest BCUT2D eigenvalue weighted by molar-refractivity contribution is 5.93. The fourth-order valence-electron chi connectivity index (χ4n) is 2.39. The highest BCUT2D eigenvalue weighted by atomic mass is 16.2. The van der Waals surface area contributed by atoms with E-state index < -0.39 is 0 Å². The molecule has 3 heteroatoms. The maximum absolute atomic E-state index is 11.2. The van der Waals surface area contributed by atoms with Gasteiger partial charge in [-0.2, -0.15) is 0 Å². The number of carbonyl (C=O) groups is 2. The van der Waals surface area contributed by atoms with Crippen molar-refractivity contribution in [2.75, 3.05) is 0 Å². The van der Waals surface area contributed by atoms with Crippen LogP contribution < -0.4 is 5.32 Å². The topological polar surface area (TPSA) is 46.2 Å². The van der Waals surface area contributed by atoms with Gasteiger partial charge in [-0.15, -0.1) is 0 Å². The van der Waals surface area contributed by atoms with Gasteiger partial charge >= 0.3 is 0 Å². The Hall–Kier alpha value is -0.860. The molecule has 0 aromatic heterocycles. The van der Waals surface area contributed by atoms with Crippen molar-refractivity contribution < 1.29 is 9.59 Å². The van der Waals surface area contributed by atoms with Crippen LogP contribution in [0.1, 0.15) is 97.3 Å². The van der Waals surface area contributed by atoms with E-state index in [1.807, 2.05) is 0 Å². The summed E-state index contributed by atoms with van der Waals surface area (Å²) in [6.07, 6.45) is 15.9. The lowest BCUT2D eigenvalue weighted by atomic mass is 10.0. The van der Waals surface area contributed by atoms with Crippen LogP contribution >= 0.6 is 0 Å². The van der Waals surface area contributed by atoms with Gasteiger partial charge in [0.1, 0.15) is 0 Å². The van der Waals surface area contributed by atoms with Crippen LogP contribution in [0, 0.1) is 0 Å². The molecule has 0 saturated carbocycles. The average molecular weight is 283 g/mol. The summed E-state index contributed by atoms with van der Waals surface area (Å²) in [5.41, 5.74) is 0. The van der Waals surface area contributed by atoms with Gasteiger partial charge in [0, 0.05) is 13.3 Å². The number of nitrogens with one attached hydrogen (secondary N) is 1. The van der Waals surface area contributed by atoms with Crippen molar-refractivity contribution in [2.45, 2.75) is 97.3 Å². The first kappa shape index (κ1) is 19.1. The predicted molar refractivity (Wildman–Crippen MR) is 84.5 cm³/mol. The molecule has 0 spiro atoms. The first-order valence-corrected chi connectivity index (χ1v) is 8.47.